The van der Waals surface area contributed by atoms with Crippen LogP contribution in [0.25, 0.3) is 17.2 Å². The summed E-state index contributed by atoms with van der Waals surface area (Å²) in [4.78, 5) is 17.0. The van der Waals surface area contributed by atoms with E-state index in [-0.39, 0.29) is 17.1 Å². The second-order valence-electron chi connectivity index (χ2n) is 8.57. The van der Waals surface area contributed by atoms with Crippen molar-refractivity contribution in [1.29, 1.82) is 0 Å². The van der Waals surface area contributed by atoms with Gasteiger partial charge in [-0.15, -0.1) is 5.10 Å². The summed E-state index contributed by atoms with van der Waals surface area (Å²) in [6.45, 7) is 9.88. The van der Waals surface area contributed by atoms with Crippen LogP contribution in [0.5, 0.6) is 0 Å². The average molecular weight is 451 g/mol. The van der Waals surface area contributed by atoms with Crippen molar-refractivity contribution >= 4 is 22.6 Å². The predicted octanol–water partition coefficient (Wildman–Crippen LogP) is 5.09. The van der Waals surface area contributed by atoms with E-state index in [2.05, 4.69) is 45.8 Å². The van der Waals surface area contributed by atoms with Gasteiger partial charge in [-0.05, 0) is 54.7 Å². The van der Waals surface area contributed by atoms with Gasteiger partial charge in [0.15, 0.2) is 11.5 Å². The molecule has 0 atom stereocenters. The minimum absolute atomic E-state index is 0.0167. The molecule has 0 bridgehead atoms. The molecule has 0 saturated heterocycles. The van der Waals surface area contributed by atoms with Gasteiger partial charge >= 0.3 is 0 Å². The van der Waals surface area contributed by atoms with Crippen molar-refractivity contribution in [3.8, 4) is 17.2 Å². The van der Waals surface area contributed by atoms with E-state index in [1.807, 2.05) is 19.1 Å². The molecule has 0 aliphatic heterocycles. The van der Waals surface area contributed by atoms with Gasteiger partial charge in [0.2, 0.25) is 5.13 Å². The molecular weight excluding hydrogens is 427 g/mol. The van der Waals surface area contributed by atoms with Crippen LogP contribution in [0.2, 0.25) is 0 Å². The molecule has 0 saturated carbocycles. The van der Waals surface area contributed by atoms with Crippen LogP contribution in [-0.2, 0) is 5.41 Å². The summed E-state index contributed by atoms with van der Waals surface area (Å²) in [5, 5.41) is 11.4. The Labute approximate surface area is 189 Å². The molecule has 0 spiro atoms. The first-order chi connectivity index (χ1) is 15.1. The minimum atomic E-state index is -0.314. The largest absolute Gasteiger partial charge is 0.297 e. The zero-order chi connectivity index (χ0) is 23.0. The highest BCUT2D eigenvalue weighted by Gasteiger charge is 2.19. The monoisotopic (exact) mass is 450 g/mol. The molecule has 4 aromatic rings. The highest BCUT2D eigenvalue weighted by atomic mass is 32.1. The fraction of sp³-hybridized carbons (Fsp3) is 0.261. The number of carbonyl (C=O) groups excluding carboxylic acids is 1. The van der Waals surface area contributed by atoms with Gasteiger partial charge < -0.3 is 0 Å². The summed E-state index contributed by atoms with van der Waals surface area (Å²) in [5.74, 6) is -0.223. The number of aromatic nitrogens is 5. The number of nitrogens with one attached hydrogen (secondary N) is 1. The van der Waals surface area contributed by atoms with Crippen molar-refractivity contribution in [2.45, 2.75) is 40.0 Å². The molecule has 1 amide bonds. The summed E-state index contributed by atoms with van der Waals surface area (Å²) in [7, 11) is 0. The van der Waals surface area contributed by atoms with Gasteiger partial charge in [-0.25, -0.2) is 9.07 Å². The van der Waals surface area contributed by atoms with Gasteiger partial charge in [0.05, 0.1) is 11.4 Å². The van der Waals surface area contributed by atoms with Crippen LogP contribution in [0.1, 0.15) is 48.0 Å². The van der Waals surface area contributed by atoms with Gasteiger partial charge in [0.1, 0.15) is 5.82 Å². The highest BCUT2D eigenvalue weighted by molar-refractivity contribution is 7.10. The lowest BCUT2D eigenvalue weighted by molar-refractivity contribution is 0.102. The molecule has 2 aromatic carbocycles. The van der Waals surface area contributed by atoms with E-state index < -0.39 is 0 Å². The predicted molar refractivity (Wildman–Crippen MR) is 123 cm³/mol. The maximum Gasteiger partial charge on any atom is 0.257 e. The summed E-state index contributed by atoms with van der Waals surface area (Å²) in [6, 6.07) is 12.4. The van der Waals surface area contributed by atoms with Gasteiger partial charge in [-0.1, -0.05) is 44.2 Å². The number of amides is 1. The Morgan fingerprint density at radius 2 is 1.81 bits per heavy atom. The Morgan fingerprint density at radius 1 is 1.09 bits per heavy atom. The Hall–Kier alpha value is -3.46. The molecule has 9 heteroatoms. The molecule has 0 aliphatic carbocycles. The van der Waals surface area contributed by atoms with Crippen LogP contribution >= 0.6 is 11.5 Å². The fourth-order valence-electron chi connectivity index (χ4n) is 3.16. The van der Waals surface area contributed by atoms with E-state index in [1.165, 1.54) is 10.7 Å². The van der Waals surface area contributed by atoms with E-state index in [0.717, 1.165) is 17.1 Å². The van der Waals surface area contributed by atoms with Crippen molar-refractivity contribution in [2.75, 3.05) is 5.32 Å². The molecule has 0 radical (unpaired) electrons. The number of hydrogen-bond donors (Lipinski definition) is 1. The zero-order valence-corrected chi connectivity index (χ0v) is 19.3. The molecule has 2 aromatic heterocycles. The van der Waals surface area contributed by atoms with Crippen LogP contribution in [-0.4, -0.2) is 30.3 Å². The molecule has 0 unspecified atom stereocenters. The summed E-state index contributed by atoms with van der Waals surface area (Å²) in [5.41, 5.74) is 3.97. The summed E-state index contributed by atoms with van der Waals surface area (Å²) >= 11 is 1.06. The number of hydrogen-bond acceptors (Lipinski definition) is 6. The number of anilines is 1. The second-order valence-corrected chi connectivity index (χ2v) is 9.33. The summed E-state index contributed by atoms with van der Waals surface area (Å²) in [6.07, 6.45) is 0. The van der Waals surface area contributed by atoms with Crippen molar-refractivity contribution in [3.05, 3.63) is 70.7 Å². The number of benzene rings is 2. The van der Waals surface area contributed by atoms with E-state index >= 15 is 0 Å². The smallest absolute Gasteiger partial charge is 0.257 e. The van der Waals surface area contributed by atoms with Crippen molar-refractivity contribution in [3.63, 3.8) is 0 Å². The van der Waals surface area contributed by atoms with E-state index in [9.17, 15) is 9.18 Å². The normalized spacial score (nSPS) is 11.6. The molecule has 0 aliphatic rings. The lowest BCUT2D eigenvalue weighted by Gasteiger charge is -2.18. The Morgan fingerprint density at radius 3 is 2.47 bits per heavy atom. The third kappa shape index (κ3) is 4.29. The highest BCUT2D eigenvalue weighted by Crippen LogP contribution is 2.25. The summed E-state index contributed by atoms with van der Waals surface area (Å²) < 4.78 is 19.8. The molecular formula is C23H23FN6OS. The second kappa shape index (κ2) is 8.23. The van der Waals surface area contributed by atoms with Crippen molar-refractivity contribution in [2.24, 2.45) is 0 Å². The van der Waals surface area contributed by atoms with E-state index in [1.54, 1.807) is 31.2 Å². The Balaban J connectivity index is 1.52. The number of carbonyl (C=O) groups is 1. The first-order valence-electron chi connectivity index (χ1n) is 10.1. The van der Waals surface area contributed by atoms with Gasteiger partial charge in [-0.2, -0.15) is 9.36 Å². The third-order valence-corrected chi connectivity index (χ3v) is 5.80. The average Bonchev–Trinajstić information content (AvgIpc) is 3.36. The standard InChI is InChI=1S/C23H23FN6OS/c1-13-6-11-17(12-18(13)24)30-14(2)19(27-29-30)20-25-22(32-28-20)26-21(31)15-7-9-16(10-8-15)23(3,4)5/h6-12H,1-5H3,(H,25,26,28,31). The number of halogens is 1. The number of nitrogens with zero attached hydrogens (tertiary/aromatic N) is 5. The fourth-order valence-corrected chi connectivity index (χ4v) is 3.72. The Bertz CT molecular complexity index is 1290. The molecule has 7 nitrogen and oxygen atoms in total. The SMILES string of the molecule is Cc1ccc(-n2nnc(-c3nsc(NC(=O)c4ccc(C(C)(C)C)cc4)n3)c2C)cc1F. The molecule has 2 heterocycles. The number of rotatable bonds is 4. The molecule has 1 N–H and O–H groups in total. The van der Waals surface area contributed by atoms with Crippen LogP contribution < -0.4 is 5.32 Å². The maximum absolute atomic E-state index is 13.9. The Kier molecular flexibility index (Phi) is 5.60. The van der Waals surface area contributed by atoms with E-state index in [4.69, 9.17) is 0 Å². The van der Waals surface area contributed by atoms with Crippen LogP contribution in [0, 0.1) is 19.7 Å². The molecule has 0 fully saturated rings. The lowest BCUT2D eigenvalue weighted by atomic mass is 9.87. The van der Waals surface area contributed by atoms with Crippen LogP contribution in [0.4, 0.5) is 9.52 Å². The zero-order valence-electron chi connectivity index (χ0n) is 18.5. The van der Waals surface area contributed by atoms with Gasteiger partial charge in [0.25, 0.3) is 5.91 Å². The minimum Gasteiger partial charge on any atom is -0.297 e. The van der Waals surface area contributed by atoms with Gasteiger partial charge in [0, 0.05) is 17.1 Å². The van der Waals surface area contributed by atoms with Crippen LogP contribution in [0.15, 0.2) is 42.5 Å². The third-order valence-electron chi connectivity index (χ3n) is 5.17. The topological polar surface area (TPSA) is 85.6 Å². The maximum atomic E-state index is 13.9. The molecule has 164 valence electrons. The quantitative estimate of drug-likeness (QED) is 0.468. The van der Waals surface area contributed by atoms with Crippen molar-refractivity contribution < 1.29 is 9.18 Å². The molecule has 32 heavy (non-hydrogen) atoms. The molecule has 4 rings (SSSR count). The van der Waals surface area contributed by atoms with Crippen LogP contribution in [0.3, 0.4) is 0 Å². The lowest BCUT2D eigenvalue weighted by Crippen LogP contribution is -2.14. The first-order valence-corrected chi connectivity index (χ1v) is 10.9. The van der Waals surface area contributed by atoms with Crippen molar-refractivity contribution in [1.82, 2.24) is 24.4 Å². The number of aryl methyl sites for hydroxylation is 1. The van der Waals surface area contributed by atoms with E-state index in [0.29, 0.717) is 39.2 Å². The van der Waals surface area contributed by atoms with Gasteiger partial charge in [-0.3, -0.25) is 10.1 Å². The first kappa shape index (κ1) is 21.8.